The van der Waals surface area contributed by atoms with Crippen molar-refractivity contribution in [2.75, 3.05) is 20.0 Å². The second-order valence-electron chi connectivity index (χ2n) is 6.95. The van der Waals surface area contributed by atoms with Crippen molar-refractivity contribution in [3.8, 4) is 23.1 Å². The Morgan fingerprint density at radius 1 is 0.967 bits per heavy atom. The van der Waals surface area contributed by atoms with Crippen LogP contribution in [0.3, 0.4) is 0 Å². The maximum Gasteiger partial charge on any atom is 0.228 e. The van der Waals surface area contributed by atoms with E-state index in [4.69, 9.17) is 31.5 Å². The molecule has 0 saturated heterocycles. The van der Waals surface area contributed by atoms with Crippen LogP contribution in [0.4, 0.5) is 5.82 Å². The first-order chi connectivity index (χ1) is 14.6. The van der Waals surface area contributed by atoms with Crippen molar-refractivity contribution in [1.82, 2.24) is 9.97 Å². The molecule has 0 amide bonds. The third-order valence-electron chi connectivity index (χ3n) is 5.39. The van der Waals surface area contributed by atoms with E-state index in [0.29, 0.717) is 39.5 Å². The maximum absolute atomic E-state index is 6.66. The molecule has 0 saturated carbocycles. The third kappa shape index (κ3) is 2.72. The van der Waals surface area contributed by atoms with E-state index >= 15 is 0 Å². The fraction of sp³-hybridized carbons (Fsp3) is 0.130. The number of aromatic nitrogens is 2. The number of ether oxygens (including phenoxy) is 3. The van der Waals surface area contributed by atoms with Crippen LogP contribution in [0.1, 0.15) is 22.6 Å². The largest absolute Gasteiger partial charge is 0.493 e. The van der Waals surface area contributed by atoms with E-state index < -0.39 is 0 Å². The summed E-state index contributed by atoms with van der Waals surface area (Å²) in [7, 11) is 3.21. The van der Waals surface area contributed by atoms with Crippen LogP contribution in [0.5, 0.6) is 23.1 Å². The minimum Gasteiger partial charge on any atom is -0.493 e. The van der Waals surface area contributed by atoms with Gasteiger partial charge in [0.2, 0.25) is 5.88 Å². The topological polar surface area (TPSA) is 79.5 Å². The number of fused-ring (bicyclic) bond motifs is 4. The molecule has 4 aromatic rings. The highest BCUT2D eigenvalue weighted by molar-refractivity contribution is 6.36. The zero-order valence-electron chi connectivity index (χ0n) is 16.3. The van der Waals surface area contributed by atoms with Gasteiger partial charge in [0.15, 0.2) is 11.5 Å². The Morgan fingerprint density at radius 3 is 2.50 bits per heavy atom. The first-order valence-corrected chi connectivity index (χ1v) is 9.71. The highest BCUT2D eigenvalue weighted by atomic mass is 35.5. The van der Waals surface area contributed by atoms with Crippen molar-refractivity contribution in [3.63, 3.8) is 0 Å². The van der Waals surface area contributed by atoms with Gasteiger partial charge in [0.25, 0.3) is 0 Å². The Kier molecular flexibility index (Phi) is 4.37. The van der Waals surface area contributed by atoms with Crippen LogP contribution in [-0.4, -0.2) is 24.2 Å². The summed E-state index contributed by atoms with van der Waals surface area (Å²) in [6, 6.07) is 15.6. The van der Waals surface area contributed by atoms with Crippen LogP contribution in [0.15, 0.2) is 54.9 Å². The van der Waals surface area contributed by atoms with Gasteiger partial charge in [-0.2, -0.15) is 0 Å². The van der Waals surface area contributed by atoms with Gasteiger partial charge in [-0.3, -0.25) is 0 Å². The molecule has 1 aliphatic heterocycles. The maximum atomic E-state index is 6.66. The minimum atomic E-state index is -0.285. The summed E-state index contributed by atoms with van der Waals surface area (Å²) in [6.45, 7) is 0. The van der Waals surface area contributed by atoms with Crippen LogP contribution in [0, 0.1) is 0 Å². The molecule has 2 heterocycles. The smallest absolute Gasteiger partial charge is 0.228 e. The van der Waals surface area contributed by atoms with Crippen molar-refractivity contribution in [3.05, 3.63) is 76.6 Å². The van der Waals surface area contributed by atoms with E-state index in [1.807, 2.05) is 48.5 Å². The van der Waals surface area contributed by atoms with Gasteiger partial charge in [-0.15, -0.1) is 0 Å². The molecule has 3 aromatic carbocycles. The van der Waals surface area contributed by atoms with Crippen molar-refractivity contribution in [2.24, 2.45) is 0 Å². The first kappa shape index (κ1) is 18.5. The van der Waals surface area contributed by atoms with Crippen molar-refractivity contribution in [1.29, 1.82) is 0 Å². The summed E-state index contributed by atoms with van der Waals surface area (Å²) in [6.07, 6.45) is 1.41. The molecular formula is C23H18ClN3O3. The molecule has 0 spiro atoms. The molecule has 30 heavy (non-hydrogen) atoms. The number of nitrogens with two attached hydrogens (primary N) is 1. The number of hydrogen-bond donors (Lipinski definition) is 1. The van der Waals surface area contributed by atoms with Gasteiger partial charge < -0.3 is 19.9 Å². The zero-order valence-corrected chi connectivity index (χ0v) is 17.1. The molecule has 0 radical (unpaired) electrons. The molecular weight excluding hydrogens is 402 g/mol. The van der Waals surface area contributed by atoms with E-state index in [9.17, 15) is 0 Å². The van der Waals surface area contributed by atoms with Gasteiger partial charge in [-0.25, -0.2) is 9.97 Å². The molecule has 0 aliphatic carbocycles. The molecule has 0 fully saturated rings. The van der Waals surface area contributed by atoms with Crippen LogP contribution >= 0.6 is 11.6 Å². The monoisotopic (exact) mass is 419 g/mol. The predicted molar refractivity (Wildman–Crippen MR) is 116 cm³/mol. The second kappa shape index (κ2) is 7.07. The predicted octanol–water partition coefficient (Wildman–Crippen LogP) is 5.17. The first-order valence-electron chi connectivity index (χ1n) is 9.33. The average molecular weight is 420 g/mol. The number of hydrogen-bond acceptors (Lipinski definition) is 6. The summed E-state index contributed by atoms with van der Waals surface area (Å²) in [5, 5.41) is 2.46. The van der Waals surface area contributed by atoms with E-state index in [-0.39, 0.29) is 5.92 Å². The standard InChI is InChI=1S/C23H18ClN3O3/c1-28-17-8-7-12(9-18(17)29-2)19-15-10-16(24)13-5-3-4-6-14(13)21(15)30-23-20(19)22(25)26-11-27-23/h3-11,19H,1-2H3,(H2,25,26,27)/t19-/m0/s1. The van der Waals surface area contributed by atoms with Crippen molar-refractivity contribution < 1.29 is 14.2 Å². The number of nitrogens with zero attached hydrogens (tertiary/aromatic N) is 2. The van der Waals surface area contributed by atoms with E-state index in [0.717, 1.165) is 21.9 Å². The second-order valence-corrected chi connectivity index (χ2v) is 7.36. The highest BCUT2D eigenvalue weighted by Crippen LogP contribution is 2.52. The van der Waals surface area contributed by atoms with Crippen LogP contribution in [0.2, 0.25) is 5.02 Å². The van der Waals surface area contributed by atoms with Crippen LogP contribution < -0.4 is 19.9 Å². The summed E-state index contributed by atoms with van der Waals surface area (Å²) < 4.78 is 17.2. The number of halogens is 1. The third-order valence-corrected chi connectivity index (χ3v) is 5.70. The molecule has 1 aliphatic rings. The molecule has 0 unspecified atom stereocenters. The Labute approximate surface area is 178 Å². The zero-order chi connectivity index (χ0) is 20.8. The summed E-state index contributed by atoms with van der Waals surface area (Å²) in [5.74, 6) is 2.47. The Balaban J connectivity index is 1.83. The molecule has 5 rings (SSSR count). The number of nitrogen functional groups attached to an aromatic ring is 1. The van der Waals surface area contributed by atoms with E-state index in [1.54, 1.807) is 14.2 Å². The molecule has 7 heteroatoms. The number of benzene rings is 3. The molecule has 1 aromatic heterocycles. The number of anilines is 1. The number of rotatable bonds is 3. The van der Waals surface area contributed by atoms with Gasteiger partial charge in [0.05, 0.1) is 19.8 Å². The minimum absolute atomic E-state index is 0.285. The van der Waals surface area contributed by atoms with Gasteiger partial charge >= 0.3 is 0 Å². The lowest BCUT2D eigenvalue weighted by Gasteiger charge is -2.30. The Morgan fingerprint density at radius 2 is 1.73 bits per heavy atom. The molecule has 150 valence electrons. The normalized spacial score (nSPS) is 14.6. The van der Waals surface area contributed by atoms with Crippen LogP contribution in [-0.2, 0) is 0 Å². The number of methoxy groups -OCH3 is 2. The molecule has 1 atom stereocenters. The lowest BCUT2D eigenvalue weighted by molar-refractivity contribution is 0.354. The average Bonchev–Trinajstić information content (AvgIpc) is 2.78. The fourth-order valence-corrected chi connectivity index (χ4v) is 4.31. The van der Waals surface area contributed by atoms with Crippen LogP contribution in [0.25, 0.3) is 10.8 Å². The Hall–Kier alpha value is -3.51. The molecule has 6 nitrogen and oxygen atoms in total. The molecule has 2 N–H and O–H groups in total. The van der Waals surface area contributed by atoms with Gasteiger partial charge in [-0.05, 0) is 23.8 Å². The Bertz CT molecular complexity index is 1290. The SMILES string of the molecule is COc1ccc([C@H]2c3cc(Cl)c4ccccc4c3Oc3ncnc(N)c32)cc1OC. The highest BCUT2D eigenvalue weighted by Gasteiger charge is 2.34. The summed E-state index contributed by atoms with van der Waals surface area (Å²) in [4.78, 5) is 8.56. The van der Waals surface area contributed by atoms with Crippen molar-refractivity contribution >= 4 is 28.2 Å². The molecule has 0 bridgehead atoms. The van der Waals surface area contributed by atoms with E-state index in [2.05, 4.69) is 9.97 Å². The van der Waals surface area contributed by atoms with Gasteiger partial charge in [-0.1, -0.05) is 41.9 Å². The lowest BCUT2D eigenvalue weighted by Crippen LogP contribution is -2.16. The lowest BCUT2D eigenvalue weighted by atomic mass is 9.82. The summed E-state index contributed by atoms with van der Waals surface area (Å²) in [5.41, 5.74) is 8.81. The summed E-state index contributed by atoms with van der Waals surface area (Å²) >= 11 is 6.66. The fourth-order valence-electron chi connectivity index (χ4n) is 4.03. The van der Waals surface area contributed by atoms with Crippen molar-refractivity contribution in [2.45, 2.75) is 5.92 Å². The van der Waals surface area contributed by atoms with Gasteiger partial charge in [0, 0.05) is 27.3 Å². The van der Waals surface area contributed by atoms with Gasteiger partial charge in [0.1, 0.15) is 17.9 Å². The van der Waals surface area contributed by atoms with E-state index in [1.165, 1.54) is 6.33 Å². The quantitative estimate of drug-likeness (QED) is 0.434.